The third kappa shape index (κ3) is 3.83. The Kier molecular flexibility index (Phi) is 5.92. The Hall–Kier alpha value is -0.320. The standard InChI is InChI=1S/C15H22O2S2/c1-3-14-15(19-9-8-18-14)12(16)10-11-6-4-5-7-13(11)17-2/h4-7,12,14-16H,3,8-10H2,1-2H3. The van der Waals surface area contributed by atoms with Gasteiger partial charge in [-0.15, -0.1) is 0 Å². The molecule has 19 heavy (non-hydrogen) atoms. The monoisotopic (exact) mass is 298 g/mol. The van der Waals surface area contributed by atoms with E-state index in [1.165, 1.54) is 5.75 Å². The lowest BCUT2D eigenvalue weighted by atomic mass is 10.0. The van der Waals surface area contributed by atoms with Crippen molar-refractivity contribution in [3.05, 3.63) is 29.8 Å². The van der Waals surface area contributed by atoms with Gasteiger partial charge in [-0.05, 0) is 18.1 Å². The van der Waals surface area contributed by atoms with Gasteiger partial charge in [-0.1, -0.05) is 25.1 Å². The summed E-state index contributed by atoms with van der Waals surface area (Å²) >= 11 is 3.93. The van der Waals surface area contributed by atoms with Gasteiger partial charge in [0.1, 0.15) is 5.75 Å². The van der Waals surface area contributed by atoms with Crippen molar-refractivity contribution in [1.29, 1.82) is 0 Å². The van der Waals surface area contributed by atoms with E-state index in [9.17, 15) is 5.11 Å². The Morgan fingerprint density at radius 2 is 2.05 bits per heavy atom. The van der Waals surface area contributed by atoms with Gasteiger partial charge in [0.25, 0.3) is 0 Å². The highest BCUT2D eigenvalue weighted by molar-refractivity contribution is 8.07. The molecular weight excluding hydrogens is 276 g/mol. The average Bonchev–Trinajstić information content (AvgIpc) is 2.47. The molecule has 0 amide bonds. The molecule has 1 aromatic rings. The van der Waals surface area contributed by atoms with E-state index in [0.29, 0.717) is 16.9 Å². The Labute approximate surface area is 124 Å². The molecule has 2 nitrogen and oxygen atoms in total. The van der Waals surface area contributed by atoms with Crippen LogP contribution in [0.3, 0.4) is 0 Å². The maximum Gasteiger partial charge on any atom is 0.122 e. The van der Waals surface area contributed by atoms with E-state index < -0.39 is 0 Å². The molecule has 0 spiro atoms. The highest BCUT2D eigenvalue weighted by Crippen LogP contribution is 2.36. The number of thioether (sulfide) groups is 2. The number of rotatable bonds is 5. The van der Waals surface area contributed by atoms with Gasteiger partial charge in [0.15, 0.2) is 0 Å². The molecule has 3 unspecified atom stereocenters. The van der Waals surface area contributed by atoms with Crippen LogP contribution in [0, 0.1) is 0 Å². The smallest absolute Gasteiger partial charge is 0.122 e. The first-order valence-corrected chi connectivity index (χ1v) is 8.89. The molecule has 0 saturated carbocycles. The van der Waals surface area contributed by atoms with E-state index in [1.54, 1.807) is 7.11 Å². The lowest BCUT2D eigenvalue weighted by molar-refractivity contribution is 0.168. The Morgan fingerprint density at radius 3 is 2.79 bits per heavy atom. The van der Waals surface area contributed by atoms with E-state index >= 15 is 0 Å². The average molecular weight is 298 g/mol. The number of aliphatic hydroxyl groups excluding tert-OH is 1. The Morgan fingerprint density at radius 1 is 1.32 bits per heavy atom. The second kappa shape index (κ2) is 7.46. The number of aliphatic hydroxyl groups is 1. The summed E-state index contributed by atoms with van der Waals surface area (Å²) in [6, 6.07) is 7.98. The zero-order valence-corrected chi connectivity index (χ0v) is 13.2. The third-order valence-corrected chi connectivity index (χ3v) is 6.89. The van der Waals surface area contributed by atoms with Crippen LogP contribution in [-0.4, -0.2) is 40.3 Å². The van der Waals surface area contributed by atoms with Crippen molar-refractivity contribution < 1.29 is 9.84 Å². The topological polar surface area (TPSA) is 29.5 Å². The highest BCUT2D eigenvalue weighted by Gasteiger charge is 2.31. The molecule has 2 rings (SSSR count). The fourth-order valence-corrected chi connectivity index (χ4v) is 5.66. The van der Waals surface area contributed by atoms with Gasteiger partial charge in [0, 0.05) is 28.4 Å². The normalized spacial score (nSPS) is 25.0. The molecule has 1 aromatic carbocycles. The molecule has 0 aliphatic carbocycles. The molecule has 0 aromatic heterocycles. The number of benzene rings is 1. The molecule has 0 radical (unpaired) electrons. The number of hydrogen-bond acceptors (Lipinski definition) is 4. The number of para-hydroxylation sites is 1. The van der Waals surface area contributed by atoms with E-state index in [2.05, 4.69) is 6.92 Å². The molecule has 1 aliphatic heterocycles. The van der Waals surface area contributed by atoms with Crippen LogP contribution in [0.1, 0.15) is 18.9 Å². The van der Waals surface area contributed by atoms with Gasteiger partial charge >= 0.3 is 0 Å². The lowest BCUT2D eigenvalue weighted by Gasteiger charge is -2.33. The second-order valence-electron chi connectivity index (χ2n) is 4.74. The summed E-state index contributed by atoms with van der Waals surface area (Å²) in [6.45, 7) is 2.21. The minimum atomic E-state index is -0.293. The van der Waals surface area contributed by atoms with E-state index in [1.807, 2.05) is 47.8 Å². The Balaban J connectivity index is 2.05. The molecule has 1 saturated heterocycles. The van der Waals surface area contributed by atoms with Crippen molar-refractivity contribution in [1.82, 2.24) is 0 Å². The zero-order valence-electron chi connectivity index (χ0n) is 11.5. The van der Waals surface area contributed by atoms with Crippen molar-refractivity contribution in [2.45, 2.75) is 36.4 Å². The van der Waals surface area contributed by atoms with Gasteiger partial charge in [0.05, 0.1) is 13.2 Å². The summed E-state index contributed by atoms with van der Waals surface area (Å²) < 4.78 is 5.36. The third-order valence-electron chi connectivity index (χ3n) is 3.50. The molecule has 1 heterocycles. The first kappa shape index (κ1) is 15.1. The van der Waals surface area contributed by atoms with Crippen molar-refractivity contribution in [3.8, 4) is 5.75 Å². The minimum Gasteiger partial charge on any atom is -0.496 e. The van der Waals surface area contributed by atoms with Crippen molar-refractivity contribution in [3.63, 3.8) is 0 Å². The van der Waals surface area contributed by atoms with Gasteiger partial charge in [-0.25, -0.2) is 0 Å². The van der Waals surface area contributed by atoms with Crippen molar-refractivity contribution >= 4 is 23.5 Å². The second-order valence-corrected chi connectivity index (χ2v) is 7.37. The predicted molar refractivity (Wildman–Crippen MR) is 85.5 cm³/mol. The molecule has 106 valence electrons. The highest BCUT2D eigenvalue weighted by atomic mass is 32.2. The zero-order chi connectivity index (χ0) is 13.7. The van der Waals surface area contributed by atoms with Crippen LogP contribution in [-0.2, 0) is 6.42 Å². The quantitative estimate of drug-likeness (QED) is 0.904. The molecule has 1 aliphatic rings. The summed E-state index contributed by atoms with van der Waals surface area (Å²) in [4.78, 5) is 0. The van der Waals surface area contributed by atoms with Gasteiger partial charge in [0.2, 0.25) is 0 Å². The fraction of sp³-hybridized carbons (Fsp3) is 0.600. The van der Waals surface area contributed by atoms with E-state index in [-0.39, 0.29) is 6.10 Å². The first-order chi connectivity index (χ1) is 9.26. The van der Waals surface area contributed by atoms with Gasteiger partial charge in [-0.3, -0.25) is 0 Å². The summed E-state index contributed by atoms with van der Waals surface area (Å²) in [5.74, 6) is 3.23. The first-order valence-electron chi connectivity index (χ1n) is 6.79. The minimum absolute atomic E-state index is 0.293. The maximum atomic E-state index is 10.6. The summed E-state index contributed by atoms with van der Waals surface area (Å²) in [5.41, 5.74) is 1.10. The lowest BCUT2D eigenvalue weighted by Crippen LogP contribution is -2.37. The molecule has 0 bridgehead atoms. The summed E-state index contributed by atoms with van der Waals surface area (Å²) in [5, 5.41) is 11.5. The fourth-order valence-electron chi connectivity index (χ4n) is 2.51. The molecular formula is C15H22O2S2. The summed E-state index contributed by atoms with van der Waals surface area (Å²) in [7, 11) is 1.69. The number of ether oxygens (including phenoxy) is 1. The van der Waals surface area contributed by atoms with Gasteiger partial charge < -0.3 is 9.84 Å². The van der Waals surface area contributed by atoms with E-state index in [0.717, 1.165) is 23.5 Å². The van der Waals surface area contributed by atoms with Crippen LogP contribution in [0.5, 0.6) is 5.75 Å². The molecule has 1 N–H and O–H groups in total. The molecule has 1 fully saturated rings. The number of methoxy groups -OCH3 is 1. The largest absolute Gasteiger partial charge is 0.496 e. The molecule has 3 atom stereocenters. The van der Waals surface area contributed by atoms with Crippen molar-refractivity contribution in [2.75, 3.05) is 18.6 Å². The summed E-state index contributed by atoms with van der Waals surface area (Å²) in [6.07, 6.45) is 1.52. The number of hydrogen-bond donors (Lipinski definition) is 1. The van der Waals surface area contributed by atoms with Crippen molar-refractivity contribution in [2.24, 2.45) is 0 Å². The van der Waals surface area contributed by atoms with E-state index in [4.69, 9.17) is 4.74 Å². The van der Waals surface area contributed by atoms with Crippen LogP contribution < -0.4 is 4.74 Å². The van der Waals surface area contributed by atoms with Crippen LogP contribution in [0.15, 0.2) is 24.3 Å². The maximum absolute atomic E-state index is 10.6. The van der Waals surface area contributed by atoms with Crippen LogP contribution in [0.25, 0.3) is 0 Å². The van der Waals surface area contributed by atoms with Crippen LogP contribution in [0.4, 0.5) is 0 Å². The van der Waals surface area contributed by atoms with Crippen LogP contribution in [0.2, 0.25) is 0 Å². The Bertz CT molecular complexity index is 397. The predicted octanol–water partition coefficient (Wildman–Crippen LogP) is 3.23. The SMILES string of the molecule is CCC1SCCSC1C(O)Cc1ccccc1OC. The molecule has 4 heteroatoms. The van der Waals surface area contributed by atoms with Gasteiger partial charge in [-0.2, -0.15) is 23.5 Å². The van der Waals surface area contributed by atoms with Crippen LogP contribution >= 0.6 is 23.5 Å².